The maximum Gasteiger partial charge on any atom is 0.134 e. The molecule has 0 saturated heterocycles. The van der Waals surface area contributed by atoms with Crippen LogP contribution in [0.15, 0.2) is 34.7 Å². The van der Waals surface area contributed by atoms with Crippen molar-refractivity contribution in [3.63, 3.8) is 0 Å². The van der Waals surface area contributed by atoms with E-state index >= 15 is 0 Å². The van der Waals surface area contributed by atoms with Crippen molar-refractivity contribution in [2.75, 3.05) is 6.61 Å². The van der Waals surface area contributed by atoms with Crippen molar-refractivity contribution in [1.29, 1.82) is 0 Å². The molecule has 1 aromatic heterocycles. The van der Waals surface area contributed by atoms with Gasteiger partial charge in [-0.3, -0.25) is 0 Å². The van der Waals surface area contributed by atoms with Crippen LogP contribution in [0.5, 0.6) is 5.75 Å². The van der Waals surface area contributed by atoms with Gasteiger partial charge in [0.2, 0.25) is 0 Å². The summed E-state index contributed by atoms with van der Waals surface area (Å²) in [4.78, 5) is 0. The van der Waals surface area contributed by atoms with E-state index in [1.54, 1.807) is 0 Å². The Morgan fingerprint density at radius 1 is 1.16 bits per heavy atom. The van der Waals surface area contributed by atoms with Gasteiger partial charge in [0.25, 0.3) is 0 Å². The van der Waals surface area contributed by atoms with Gasteiger partial charge in [-0.15, -0.1) is 0 Å². The maximum absolute atomic E-state index is 5.90. The van der Waals surface area contributed by atoms with Crippen LogP contribution in [0, 0.1) is 0 Å². The molecule has 98 valence electrons. The molecule has 1 aromatic carbocycles. The first-order chi connectivity index (χ1) is 9.38. The SMILES string of the molecule is c1cc2c(cc1-c1ccc(CNC3CC3)o1)CCO2. The first-order valence-corrected chi connectivity index (χ1v) is 6.97. The fourth-order valence-electron chi connectivity index (χ4n) is 2.50. The quantitative estimate of drug-likeness (QED) is 0.911. The molecule has 0 amide bonds. The number of hydrogen-bond acceptors (Lipinski definition) is 3. The van der Waals surface area contributed by atoms with Gasteiger partial charge >= 0.3 is 0 Å². The molecule has 1 N–H and O–H groups in total. The van der Waals surface area contributed by atoms with E-state index in [9.17, 15) is 0 Å². The molecule has 0 unspecified atom stereocenters. The zero-order valence-electron chi connectivity index (χ0n) is 10.8. The van der Waals surface area contributed by atoms with E-state index in [1.165, 1.54) is 18.4 Å². The maximum atomic E-state index is 5.90. The molecule has 1 aliphatic carbocycles. The average Bonchev–Trinajstić information content (AvgIpc) is 2.96. The lowest BCUT2D eigenvalue weighted by atomic mass is 10.1. The summed E-state index contributed by atoms with van der Waals surface area (Å²) in [5.74, 6) is 2.98. The van der Waals surface area contributed by atoms with Gasteiger partial charge in [-0.25, -0.2) is 0 Å². The van der Waals surface area contributed by atoms with Crippen molar-refractivity contribution in [3.05, 3.63) is 41.7 Å². The zero-order chi connectivity index (χ0) is 12.7. The lowest BCUT2D eigenvalue weighted by molar-refractivity contribution is 0.357. The standard InChI is InChI=1S/C16H17NO2/c1-5-15-12(7-8-18-15)9-11(1)16-6-4-14(19-16)10-17-13-2-3-13/h1,4-6,9,13,17H,2-3,7-8,10H2. The Bertz CT molecular complexity index is 599. The van der Waals surface area contributed by atoms with Crippen molar-refractivity contribution in [2.24, 2.45) is 0 Å². The summed E-state index contributed by atoms with van der Waals surface area (Å²) in [6.07, 6.45) is 3.61. The second-order valence-electron chi connectivity index (χ2n) is 5.34. The number of rotatable bonds is 4. The Morgan fingerprint density at radius 2 is 2.11 bits per heavy atom. The highest BCUT2D eigenvalue weighted by atomic mass is 16.5. The molecule has 3 heteroatoms. The van der Waals surface area contributed by atoms with Gasteiger partial charge in [0.05, 0.1) is 13.2 Å². The van der Waals surface area contributed by atoms with Crippen LogP contribution >= 0.6 is 0 Å². The Labute approximate surface area is 112 Å². The molecule has 1 fully saturated rings. The average molecular weight is 255 g/mol. The summed E-state index contributed by atoms with van der Waals surface area (Å²) in [6, 6.07) is 11.1. The second-order valence-corrected chi connectivity index (χ2v) is 5.34. The summed E-state index contributed by atoms with van der Waals surface area (Å²) in [5.41, 5.74) is 2.42. The summed E-state index contributed by atoms with van der Waals surface area (Å²) < 4.78 is 11.4. The van der Waals surface area contributed by atoms with Crippen molar-refractivity contribution in [2.45, 2.75) is 31.8 Å². The van der Waals surface area contributed by atoms with Crippen molar-refractivity contribution >= 4 is 0 Å². The highest BCUT2D eigenvalue weighted by Gasteiger charge is 2.20. The van der Waals surface area contributed by atoms with E-state index in [2.05, 4.69) is 29.6 Å². The molecule has 2 aromatic rings. The van der Waals surface area contributed by atoms with Crippen molar-refractivity contribution < 1.29 is 9.15 Å². The van der Waals surface area contributed by atoms with Gasteiger partial charge in [-0.1, -0.05) is 0 Å². The smallest absolute Gasteiger partial charge is 0.134 e. The molecular formula is C16H17NO2. The lowest BCUT2D eigenvalue weighted by Crippen LogP contribution is -2.14. The van der Waals surface area contributed by atoms with Gasteiger partial charge < -0.3 is 14.5 Å². The molecule has 1 saturated carbocycles. The molecule has 0 atom stereocenters. The minimum absolute atomic E-state index is 0.714. The topological polar surface area (TPSA) is 34.4 Å². The van der Waals surface area contributed by atoms with Crippen molar-refractivity contribution in [1.82, 2.24) is 5.32 Å². The number of furan rings is 1. The fraction of sp³-hybridized carbons (Fsp3) is 0.375. The Hall–Kier alpha value is -1.74. The summed E-state index contributed by atoms with van der Waals surface area (Å²) >= 11 is 0. The van der Waals surface area contributed by atoms with Crippen LogP contribution in [-0.2, 0) is 13.0 Å². The third kappa shape index (κ3) is 2.26. The van der Waals surface area contributed by atoms with Crippen LogP contribution in [0.3, 0.4) is 0 Å². The Kier molecular flexibility index (Phi) is 2.59. The minimum atomic E-state index is 0.714. The molecule has 0 radical (unpaired) electrons. The second kappa shape index (κ2) is 4.42. The number of hydrogen-bond donors (Lipinski definition) is 1. The van der Waals surface area contributed by atoms with Crippen LogP contribution < -0.4 is 10.1 Å². The molecule has 2 aliphatic rings. The molecule has 2 heterocycles. The van der Waals surface area contributed by atoms with Crippen LogP contribution in [-0.4, -0.2) is 12.6 Å². The van der Waals surface area contributed by atoms with E-state index in [4.69, 9.17) is 9.15 Å². The highest BCUT2D eigenvalue weighted by Crippen LogP contribution is 2.31. The van der Waals surface area contributed by atoms with E-state index in [-0.39, 0.29) is 0 Å². The van der Waals surface area contributed by atoms with Gasteiger partial charge in [-0.2, -0.15) is 0 Å². The molecular weight excluding hydrogens is 238 g/mol. The van der Waals surface area contributed by atoms with Gasteiger partial charge in [-0.05, 0) is 48.7 Å². The Balaban J connectivity index is 1.54. The summed E-state index contributed by atoms with van der Waals surface area (Å²) in [6.45, 7) is 1.63. The summed E-state index contributed by atoms with van der Waals surface area (Å²) in [7, 11) is 0. The number of ether oxygens (including phenoxy) is 1. The fourth-order valence-corrected chi connectivity index (χ4v) is 2.50. The monoisotopic (exact) mass is 255 g/mol. The molecule has 0 spiro atoms. The molecule has 4 rings (SSSR count). The van der Waals surface area contributed by atoms with Crippen LogP contribution in [0.1, 0.15) is 24.2 Å². The van der Waals surface area contributed by atoms with E-state index < -0.39 is 0 Å². The molecule has 0 bridgehead atoms. The third-order valence-corrected chi connectivity index (χ3v) is 3.78. The van der Waals surface area contributed by atoms with E-state index in [0.717, 1.165) is 42.4 Å². The Morgan fingerprint density at radius 3 is 3.00 bits per heavy atom. The predicted octanol–water partition coefficient (Wildman–Crippen LogP) is 3.13. The van der Waals surface area contributed by atoms with E-state index in [1.807, 2.05) is 6.07 Å². The predicted molar refractivity (Wildman–Crippen MR) is 73.2 cm³/mol. The van der Waals surface area contributed by atoms with Crippen LogP contribution in [0.2, 0.25) is 0 Å². The molecule has 1 aliphatic heterocycles. The lowest BCUT2D eigenvalue weighted by Gasteiger charge is -2.02. The van der Waals surface area contributed by atoms with E-state index in [0.29, 0.717) is 6.04 Å². The first kappa shape index (κ1) is 11.1. The number of fused-ring (bicyclic) bond motifs is 1. The minimum Gasteiger partial charge on any atom is -0.493 e. The number of benzene rings is 1. The zero-order valence-corrected chi connectivity index (χ0v) is 10.8. The highest BCUT2D eigenvalue weighted by molar-refractivity contribution is 5.61. The van der Waals surface area contributed by atoms with Gasteiger partial charge in [0.15, 0.2) is 0 Å². The molecule has 19 heavy (non-hydrogen) atoms. The number of nitrogens with one attached hydrogen (secondary N) is 1. The summed E-state index contributed by atoms with van der Waals surface area (Å²) in [5, 5.41) is 3.47. The molecule has 3 nitrogen and oxygen atoms in total. The van der Waals surface area contributed by atoms with Crippen LogP contribution in [0.25, 0.3) is 11.3 Å². The van der Waals surface area contributed by atoms with Crippen LogP contribution in [0.4, 0.5) is 0 Å². The largest absolute Gasteiger partial charge is 0.493 e. The van der Waals surface area contributed by atoms with Gasteiger partial charge in [0.1, 0.15) is 17.3 Å². The normalized spacial score (nSPS) is 17.3. The van der Waals surface area contributed by atoms with Crippen molar-refractivity contribution in [3.8, 4) is 17.1 Å². The van der Waals surface area contributed by atoms with Gasteiger partial charge in [0, 0.05) is 18.0 Å². The first-order valence-electron chi connectivity index (χ1n) is 6.97. The third-order valence-electron chi connectivity index (χ3n) is 3.78.